The van der Waals surface area contributed by atoms with Gasteiger partial charge in [-0.1, -0.05) is 36.4 Å². The molecule has 3 aliphatic heterocycles. The molecule has 1 fully saturated rings. The fraction of sp³-hybridized carbons (Fsp3) is 0.208. The van der Waals surface area contributed by atoms with Crippen molar-refractivity contribution in [1.29, 1.82) is 0 Å². The van der Waals surface area contributed by atoms with Crippen LogP contribution in [0.1, 0.15) is 64.9 Å². The topological polar surface area (TPSA) is 49.2 Å². The van der Waals surface area contributed by atoms with Crippen molar-refractivity contribution in [3.05, 3.63) is 185 Å². The van der Waals surface area contributed by atoms with Crippen LogP contribution in [-0.4, -0.2) is 18.5 Å². The van der Waals surface area contributed by atoms with Gasteiger partial charge in [-0.15, -0.1) is 0 Å². The Kier molecular flexibility index (Phi) is 9.57. The van der Waals surface area contributed by atoms with Crippen molar-refractivity contribution >= 4 is 46.3 Å². The van der Waals surface area contributed by atoms with E-state index >= 15 is 0 Å². The molecule has 0 radical (unpaired) electrons. The van der Waals surface area contributed by atoms with E-state index in [9.17, 15) is 0 Å². The summed E-state index contributed by atoms with van der Waals surface area (Å²) in [6.45, 7) is 0.683. The van der Waals surface area contributed by atoms with Crippen LogP contribution in [0.15, 0.2) is 156 Å². The molecule has 53 heavy (non-hydrogen) atoms. The van der Waals surface area contributed by atoms with E-state index in [-0.39, 0.29) is 12.2 Å². The molecule has 6 aromatic rings. The van der Waals surface area contributed by atoms with Crippen LogP contribution in [0.5, 0.6) is 0 Å². The SMILES string of the molecule is C1=C(c2cccc(/C=C\NCc3cccc4c3oc3ccccc34)c2)NC(c2ccccc2)NC1c1ccc2c(c1)C/C=C\C=C/C[PH]21CCCCC1. The standard InChI is InChI=1S/C48H48N3OP/c1-2-10-28-53(29-11-4-12-30-53)46-25-24-38(32-39(46)18-5-1)44-33-43(50-48(51-44)36-16-6-3-7-17-36)37-19-13-15-35(31-37)26-27-49-34-40-20-14-22-42-41-21-8-9-23-45(41)52-47(40)42/h1-3,5-10,13-17,19-27,31-33,44,48-51,53H,4,11-12,18,28-30,34H2/b5-1-,10-2-,27-26-. The summed E-state index contributed by atoms with van der Waals surface area (Å²) in [6.07, 6.45) is 25.2. The average molecular weight is 714 g/mol. The number of benzene rings is 5. The van der Waals surface area contributed by atoms with Crippen LogP contribution in [0, 0.1) is 0 Å². The summed E-state index contributed by atoms with van der Waals surface area (Å²) in [4.78, 5) is 0. The Balaban J connectivity index is 0.991. The number of furan rings is 1. The van der Waals surface area contributed by atoms with Gasteiger partial charge in [0, 0.05) is 22.9 Å². The molecule has 1 aromatic heterocycles. The Labute approximate surface area is 313 Å². The zero-order valence-corrected chi connectivity index (χ0v) is 31.2. The fourth-order valence-electron chi connectivity index (χ4n) is 8.87. The molecule has 4 nitrogen and oxygen atoms in total. The molecular formula is C48H48N3OP. The van der Waals surface area contributed by atoms with Crippen molar-refractivity contribution in [2.24, 2.45) is 0 Å². The van der Waals surface area contributed by atoms with Crippen LogP contribution in [0.2, 0.25) is 0 Å². The first kappa shape index (κ1) is 33.7. The summed E-state index contributed by atoms with van der Waals surface area (Å²) in [5.41, 5.74) is 10.6. The van der Waals surface area contributed by atoms with Gasteiger partial charge < -0.3 is 9.73 Å². The van der Waals surface area contributed by atoms with Crippen LogP contribution in [-0.2, 0) is 13.0 Å². The molecule has 2 atom stereocenters. The second kappa shape index (κ2) is 15.1. The van der Waals surface area contributed by atoms with Crippen molar-refractivity contribution in [1.82, 2.24) is 16.0 Å². The normalized spacial score (nSPS) is 21.5. The zero-order valence-electron chi connectivity index (χ0n) is 30.2. The van der Waals surface area contributed by atoms with Gasteiger partial charge in [0.1, 0.15) is 11.2 Å². The molecule has 0 bridgehead atoms. The number of allylic oxidation sites excluding steroid dienone is 4. The van der Waals surface area contributed by atoms with Crippen LogP contribution >= 0.6 is 7.26 Å². The number of para-hydroxylation sites is 2. The van der Waals surface area contributed by atoms with Crippen LogP contribution in [0.4, 0.5) is 0 Å². The van der Waals surface area contributed by atoms with Crippen molar-refractivity contribution < 1.29 is 4.42 Å². The number of rotatable bonds is 7. The molecule has 3 N–H and O–H groups in total. The summed E-state index contributed by atoms with van der Waals surface area (Å²) in [7, 11) is -1.56. The quantitative estimate of drug-likeness (QED) is 0.144. The molecule has 2 unspecified atom stereocenters. The third kappa shape index (κ3) is 7.02. The summed E-state index contributed by atoms with van der Waals surface area (Å²) in [5.74, 6) is 0. The van der Waals surface area contributed by atoms with E-state index in [0.29, 0.717) is 6.54 Å². The van der Waals surface area contributed by atoms with E-state index in [1.807, 2.05) is 18.3 Å². The van der Waals surface area contributed by atoms with E-state index in [4.69, 9.17) is 4.42 Å². The van der Waals surface area contributed by atoms with Gasteiger partial charge in [-0.3, -0.25) is 0 Å². The number of nitrogens with one attached hydrogen (secondary N) is 3. The van der Waals surface area contributed by atoms with Crippen LogP contribution in [0.3, 0.4) is 0 Å². The van der Waals surface area contributed by atoms with E-state index < -0.39 is 7.26 Å². The van der Waals surface area contributed by atoms with Gasteiger partial charge in [-0.25, -0.2) is 0 Å². The summed E-state index contributed by atoms with van der Waals surface area (Å²) < 4.78 is 6.25. The predicted octanol–water partition coefficient (Wildman–Crippen LogP) is 10.5. The fourth-order valence-corrected chi connectivity index (χ4v) is 14.0. The molecule has 0 saturated carbocycles. The first-order valence-corrected chi connectivity index (χ1v) is 22.0. The Bertz CT molecular complexity index is 2360. The van der Waals surface area contributed by atoms with Gasteiger partial charge in [0.25, 0.3) is 0 Å². The van der Waals surface area contributed by atoms with Crippen molar-refractivity contribution in [2.45, 2.75) is 44.4 Å². The third-order valence-corrected chi connectivity index (χ3v) is 16.9. The molecule has 1 spiro atoms. The molecule has 5 aromatic carbocycles. The number of hydrogen-bond donors (Lipinski definition) is 3. The Hall–Kier alpha value is -5.15. The second-order valence-electron chi connectivity index (χ2n) is 15.0. The number of fused-ring (bicyclic) bond motifs is 5. The van der Waals surface area contributed by atoms with Gasteiger partial charge >= 0.3 is 229 Å². The van der Waals surface area contributed by atoms with E-state index in [1.54, 1.807) is 10.9 Å². The molecule has 5 heteroatoms. The third-order valence-electron chi connectivity index (χ3n) is 11.6. The molecule has 266 valence electrons. The molecular weight excluding hydrogens is 666 g/mol. The summed E-state index contributed by atoms with van der Waals surface area (Å²) >= 11 is 0. The monoisotopic (exact) mass is 713 g/mol. The van der Waals surface area contributed by atoms with Gasteiger partial charge in [-0.2, -0.15) is 0 Å². The molecule has 3 aliphatic rings. The van der Waals surface area contributed by atoms with E-state index in [2.05, 4.69) is 156 Å². The minimum atomic E-state index is -1.56. The second-order valence-corrected chi connectivity index (χ2v) is 19.5. The van der Waals surface area contributed by atoms with Gasteiger partial charge in [0.2, 0.25) is 0 Å². The molecule has 9 rings (SSSR count). The Morgan fingerprint density at radius 1 is 0.755 bits per heavy atom. The molecule has 1 saturated heterocycles. The summed E-state index contributed by atoms with van der Waals surface area (Å²) in [6, 6.07) is 41.8. The summed E-state index contributed by atoms with van der Waals surface area (Å²) in [5, 5.41) is 15.4. The van der Waals surface area contributed by atoms with Crippen molar-refractivity contribution in [3.63, 3.8) is 0 Å². The first-order chi connectivity index (χ1) is 26.2. The molecule has 0 aliphatic carbocycles. The first-order valence-electron chi connectivity index (χ1n) is 19.4. The predicted molar refractivity (Wildman–Crippen MR) is 227 cm³/mol. The Morgan fingerprint density at radius 3 is 2.51 bits per heavy atom. The average Bonchev–Trinajstić information content (AvgIpc) is 3.63. The van der Waals surface area contributed by atoms with Crippen LogP contribution in [0.25, 0.3) is 33.7 Å². The van der Waals surface area contributed by atoms with Gasteiger partial charge in [0.15, 0.2) is 0 Å². The maximum absolute atomic E-state index is 6.25. The molecule has 4 heterocycles. The Morgan fingerprint density at radius 2 is 1.58 bits per heavy atom. The van der Waals surface area contributed by atoms with E-state index in [1.165, 1.54) is 54.4 Å². The maximum atomic E-state index is 6.25. The van der Waals surface area contributed by atoms with Crippen LogP contribution < -0.4 is 21.3 Å². The van der Waals surface area contributed by atoms with E-state index in [0.717, 1.165) is 45.2 Å². The van der Waals surface area contributed by atoms with Gasteiger partial charge in [0.05, 0.1) is 0 Å². The minimum absolute atomic E-state index is 0.0172. The zero-order chi connectivity index (χ0) is 35.5. The molecule has 0 amide bonds. The van der Waals surface area contributed by atoms with Crippen molar-refractivity contribution in [3.8, 4) is 0 Å². The number of hydrogen-bond acceptors (Lipinski definition) is 4. The van der Waals surface area contributed by atoms with Gasteiger partial charge in [-0.05, 0) is 6.07 Å². The van der Waals surface area contributed by atoms with Crippen molar-refractivity contribution in [2.75, 3.05) is 18.5 Å².